The summed E-state index contributed by atoms with van der Waals surface area (Å²) in [6, 6.07) is 17.4. The zero-order chi connectivity index (χ0) is 24.7. The van der Waals surface area contributed by atoms with Gasteiger partial charge >= 0.3 is 5.97 Å². The van der Waals surface area contributed by atoms with Crippen LogP contribution in [0.15, 0.2) is 71.6 Å². The van der Waals surface area contributed by atoms with E-state index in [1.165, 1.54) is 41.7 Å². The number of ether oxygens (including phenoxy) is 2. The Morgan fingerprint density at radius 3 is 2.29 bits per heavy atom. The van der Waals surface area contributed by atoms with Gasteiger partial charge in [0.2, 0.25) is 0 Å². The lowest BCUT2D eigenvalue weighted by Gasteiger charge is -2.20. The Hall–Kier alpha value is -4.18. The molecule has 2 heterocycles. The number of carbonyl (C=O) groups is 3. The quantitative estimate of drug-likeness (QED) is 0.384. The van der Waals surface area contributed by atoms with E-state index >= 15 is 0 Å². The first kappa shape index (κ1) is 22.6. The highest BCUT2D eigenvalue weighted by Crippen LogP contribution is 2.34. The molecule has 3 aromatic rings. The Bertz CT molecular complexity index is 1450. The van der Waals surface area contributed by atoms with Crippen LogP contribution in [-0.4, -0.2) is 51.5 Å². The van der Waals surface area contributed by atoms with Crippen LogP contribution in [0, 0.1) is 0 Å². The maximum absolute atomic E-state index is 13.4. The molecule has 0 fully saturated rings. The molecule has 2 aliphatic rings. The van der Waals surface area contributed by atoms with E-state index in [1.807, 2.05) is 12.1 Å². The van der Waals surface area contributed by atoms with Crippen molar-refractivity contribution in [3.63, 3.8) is 0 Å². The largest absolute Gasteiger partial charge is 0.496 e. The van der Waals surface area contributed by atoms with Gasteiger partial charge in [0.1, 0.15) is 11.3 Å². The van der Waals surface area contributed by atoms with E-state index in [4.69, 9.17) is 9.47 Å². The molecule has 3 aromatic carbocycles. The molecule has 0 radical (unpaired) electrons. The molecule has 0 spiro atoms. The van der Waals surface area contributed by atoms with E-state index in [0.717, 1.165) is 10.5 Å². The summed E-state index contributed by atoms with van der Waals surface area (Å²) in [4.78, 5) is 38.6. The maximum Gasteiger partial charge on any atom is 0.343 e. The summed E-state index contributed by atoms with van der Waals surface area (Å²) in [5, 5.41) is 0. The van der Waals surface area contributed by atoms with Crippen LogP contribution >= 0.6 is 0 Å². The van der Waals surface area contributed by atoms with Crippen molar-refractivity contribution in [2.24, 2.45) is 0 Å². The van der Waals surface area contributed by atoms with E-state index in [-0.39, 0.29) is 33.9 Å². The second-order valence-electron chi connectivity index (χ2n) is 7.96. The predicted molar refractivity (Wildman–Crippen MR) is 125 cm³/mol. The molecular formula is C25H20N2O7S. The number of amides is 2. The van der Waals surface area contributed by atoms with E-state index in [0.29, 0.717) is 12.1 Å². The second kappa shape index (κ2) is 8.55. The topological polar surface area (TPSA) is 110 Å². The van der Waals surface area contributed by atoms with Crippen LogP contribution in [0.25, 0.3) is 0 Å². The van der Waals surface area contributed by atoms with Crippen molar-refractivity contribution < 1.29 is 32.3 Å². The molecule has 0 bridgehead atoms. The summed E-state index contributed by atoms with van der Waals surface area (Å²) < 4.78 is 38.5. The van der Waals surface area contributed by atoms with E-state index in [1.54, 1.807) is 24.3 Å². The highest BCUT2D eigenvalue weighted by atomic mass is 32.2. The zero-order valence-electron chi connectivity index (χ0n) is 18.6. The van der Waals surface area contributed by atoms with Crippen molar-refractivity contribution in [2.45, 2.75) is 11.3 Å². The summed E-state index contributed by atoms with van der Waals surface area (Å²) in [6.07, 6.45) is 0.584. The number of nitrogens with zero attached hydrogens (tertiary/aromatic N) is 2. The third-order valence-corrected chi connectivity index (χ3v) is 7.84. The van der Waals surface area contributed by atoms with Gasteiger partial charge in [0, 0.05) is 6.54 Å². The number of carbonyl (C=O) groups excluding carboxylic acids is 3. The number of esters is 1. The first-order valence-corrected chi connectivity index (χ1v) is 12.2. The minimum absolute atomic E-state index is 0.0955. The van der Waals surface area contributed by atoms with Crippen molar-refractivity contribution in [2.75, 3.05) is 24.7 Å². The fraction of sp³-hybridized carbons (Fsp3) is 0.160. The predicted octanol–water partition coefficient (Wildman–Crippen LogP) is 2.86. The fourth-order valence-electron chi connectivity index (χ4n) is 4.25. The van der Waals surface area contributed by atoms with Gasteiger partial charge in [0.25, 0.3) is 21.8 Å². The van der Waals surface area contributed by atoms with Gasteiger partial charge in [-0.2, -0.15) is 0 Å². The highest BCUT2D eigenvalue weighted by molar-refractivity contribution is 7.92. The lowest BCUT2D eigenvalue weighted by Crippen LogP contribution is -2.33. The summed E-state index contributed by atoms with van der Waals surface area (Å²) in [5.74, 6) is -1.99. The molecular weight excluding hydrogens is 472 g/mol. The van der Waals surface area contributed by atoms with Gasteiger partial charge in [0.05, 0.1) is 28.8 Å². The first-order chi connectivity index (χ1) is 16.8. The highest BCUT2D eigenvalue weighted by Gasteiger charge is 2.36. The van der Waals surface area contributed by atoms with Gasteiger partial charge in [-0.3, -0.25) is 13.9 Å². The van der Waals surface area contributed by atoms with Crippen molar-refractivity contribution in [1.29, 1.82) is 0 Å². The van der Waals surface area contributed by atoms with Crippen LogP contribution in [0.3, 0.4) is 0 Å². The number of rotatable bonds is 6. The van der Waals surface area contributed by atoms with Crippen molar-refractivity contribution in [1.82, 2.24) is 4.90 Å². The molecule has 0 atom stereocenters. The second-order valence-corrected chi connectivity index (χ2v) is 9.83. The lowest BCUT2D eigenvalue weighted by atomic mass is 10.1. The minimum Gasteiger partial charge on any atom is -0.496 e. The van der Waals surface area contributed by atoms with Crippen molar-refractivity contribution in [3.05, 3.63) is 89.0 Å². The summed E-state index contributed by atoms with van der Waals surface area (Å²) >= 11 is 0. The van der Waals surface area contributed by atoms with Crippen LogP contribution in [-0.2, 0) is 21.2 Å². The molecule has 0 unspecified atom stereocenters. The van der Waals surface area contributed by atoms with Gasteiger partial charge < -0.3 is 9.47 Å². The Balaban J connectivity index is 1.39. The maximum atomic E-state index is 13.4. The van der Waals surface area contributed by atoms with Gasteiger partial charge in [0.15, 0.2) is 6.73 Å². The molecule has 0 saturated heterocycles. The van der Waals surface area contributed by atoms with E-state index in [9.17, 15) is 22.8 Å². The summed E-state index contributed by atoms with van der Waals surface area (Å²) in [6.45, 7) is -0.335. The third kappa shape index (κ3) is 3.71. The monoisotopic (exact) mass is 492 g/mol. The van der Waals surface area contributed by atoms with Crippen LogP contribution in [0.4, 0.5) is 5.69 Å². The van der Waals surface area contributed by atoms with Gasteiger partial charge in [-0.25, -0.2) is 18.1 Å². The molecule has 0 aromatic heterocycles. The minimum atomic E-state index is -3.97. The van der Waals surface area contributed by atoms with Crippen molar-refractivity contribution >= 4 is 33.5 Å². The number of anilines is 1. The lowest BCUT2D eigenvalue weighted by molar-refractivity contribution is 0.0226. The number of methoxy groups -OCH3 is 1. The number of sulfonamides is 1. The summed E-state index contributed by atoms with van der Waals surface area (Å²) in [7, 11) is -2.63. The van der Waals surface area contributed by atoms with Gasteiger partial charge in [-0.15, -0.1) is 0 Å². The Morgan fingerprint density at radius 2 is 1.60 bits per heavy atom. The number of hydrogen-bond acceptors (Lipinski definition) is 7. The average Bonchev–Trinajstić information content (AvgIpc) is 3.42. The Kier molecular flexibility index (Phi) is 5.52. The van der Waals surface area contributed by atoms with Crippen LogP contribution < -0.4 is 9.04 Å². The van der Waals surface area contributed by atoms with Gasteiger partial charge in [-0.05, 0) is 48.4 Å². The summed E-state index contributed by atoms with van der Waals surface area (Å²) in [5.41, 5.74) is 1.83. The smallest absolute Gasteiger partial charge is 0.343 e. The number of benzene rings is 3. The molecule has 0 aliphatic carbocycles. The molecule has 35 heavy (non-hydrogen) atoms. The van der Waals surface area contributed by atoms with E-state index in [2.05, 4.69) is 0 Å². The third-order valence-electron chi connectivity index (χ3n) is 6.03. The number of hydrogen-bond donors (Lipinski definition) is 0. The molecule has 0 N–H and O–H groups in total. The fourth-order valence-corrected chi connectivity index (χ4v) is 5.78. The van der Waals surface area contributed by atoms with Crippen LogP contribution in [0.2, 0.25) is 0 Å². The number of para-hydroxylation sites is 1. The van der Waals surface area contributed by atoms with Gasteiger partial charge in [-0.1, -0.05) is 30.3 Å². The molecule has 2 aliphatic heterocycles. The molecule has 5 rings (SSSR count). The zero-order valence-corrected chi connectivity index (χ0v) is 19.4. The molecule has 178 valence electrons. The van der Waals surface area contributed by atoms with Crippen molar-refractivity contribution in [3.8, 4) is 5.75 Å². The van der Waals surface area contributed by atoms with Crippen LogP contribution in [0.5, 0.6) is 5.75 Å². The first-order valence-electron chi connectivity index (χ1n) is 10.7. The average molecular weight is 493 g/mol. The standard InChI is InChI=1S/C25H20N2O7S/c1-33-22-11-10-17(35(31,32)27-13-12-16-6-2-5-9-21(16)27)14-20(22)25(30)34-15-26-23(28)18-7-3-4-8-19(18)24(26)29/h2-11,14H,12-13,15H2,1H3. The molecule has 9 nitrogen and oxygen atoms in total. The number of imide groups is 1. The van der Waals surface area contributed by atoms with Crippen LogP contribution in [0.1, 0.15) is 36.6 Å². The molecule has 0 saturated carbocycles. The number of fused-ring (bicyclic) bond motifs is 2. The normalized spacial score (nSPS) is 14.7. The molecule has 10 heteroatoms. The van der Waals surface area contributed by atoms with E-state index < -0.39 is 34.5 Å². The Morgan fingerprint density at radius 1 is 0.943 bits per heavy atom. The SMILES string of the molecule is COc1ccc(S(=O)(=O)N2CCc3ccccc32)cc1C(=O)OCN1C(=O)c2ccccc2C1=O. The Labute approximate surface area is 201 Å². The molecule has 2 amide bonds.